The first-order valence-corrected chi connectivity index (χ1v) is 7.92. The van der Waals surface area contributed by atoms with Gasteiger partial charge in [0.15, 0.2) is 17.1 Å². The van der Waals surface area contributed by atoms with Crippen molar-refractivity contribution in [3.63, 3.8) is 0 Å². The summed E-state index contributed by atoms with van der Waals surface area (Å²) < 4.78 is 11.8. The molecular formula is C15H12BrNO3S. The molecule has 3 rings (SSSR count). The minimum atomic E-state index is -0.238. The largest absolute Gasteiger partial charge is 0.493 e. The number of carbonyl (C=O) groups is 1. The molecule has 0 spiro atoms. The SMILES string of the molecule is COc1cccc2cc(C(=O)NCc3cc(Br)cs3)oc12. The first kappa shape index (κ1) is 14.2. The second kappa shape index (κ2) is 5.91. The molecule has 0 fully saturated rings. The van der Waals surface area contributed by atoms with Crippen LogP contribution in [0.4, 0.5) is 0 Å². The van der Waals surface area contributed by atoms with E-state index in [9.17, 15) is 4.79 Å². The van der Waals surface area contributed by atoms with Gasteiger partial charge in [0.2, 0.25) is 0 Å². The van der Waals surface area contributed by atoms with Crippen molar-refractivity contribution in [2.24, 2.45) is 0 Å². The van der Waals surface area contributed by atoms with Crippen LogP contribution >= 0.6 is 27.3 Å². The molecular weight excluding hydrogens is 354 g/mol. The van der Waals surface area contributed by atoms with Crippen LogP contribution in [0.5, 0.6) is 5.75 Å². The number of thiophene rings is 1. The first-order chi connectivity index (χ1) is 10.2. The lowest BCUT2D eigenvalue weighted by atomic mass is 10.2. The van der Waals surface area contributed by atoms with Gasteiger partial charge in [0, 0.05) is 20.1 Å². The molecule has 4 nitrogen and oxygen atoms in total. The number of furan rings is 1. The van der Waals surface area contributed by atoms with Gasteiger partial charge >= 0.3 is 0 Å². The lowest BCUT2D eigenvalue weighted by Gasteiger charge is -2.00. The van der Waals surface area contributed by atoms with Crippen LogP contribution in [0.3, 0.4) is 0 Å². The van der Waals surface area contributed by atoms with Gasteiger partial charge < -0.3 is 14.5 Å². The summed E-state index contributed by atoms with van der Waals surface area (Å²) in [7, 11) is 1.58. The van der Waals surface area contributed by atoms with Crippen LogP contribution in [0.2, 0.25) is 0 Å². The Bertz CT molecular complexity index is 793. The molecule has 0 saturated carbocycles. The number of hydrogen-bond acceptors (Lipinski definition) is 4. The molecule has 0 unspecified atom stereocenters. The predicted octanol–water partition coefficient (Wildman–Crippen LogP) is 4.20. The van der Waals surface area contributed by atoms with E-state index in [1.165, 1.54) is 0 Å². The Balaban J connectivity index is 1.78. The van der Waals surface area contributed by atoms with Gasteiger partial charge in [0.1, 0.15) is 0 Å². The number of carbonyl (C=O) groups excluding carboxylic acids is 1. The fourth-order valence-corrected chi connectivity index (χ4v) is 3.40. The highest BCUT2D eigenvalue weighted by Gasteiger charge is 2.14. The predicted molar refractivity (Wildman–Crippen MR) is 86.0 cm³/mol. The van der Waals surface area contributed by atoms with Crippen LogP contribution in [0.25, 0.3) is 11.0 Å². The van der Waals surface area contributed by atoms with Crippen molar-refractivity contribution in [2.75, 3.05) is 7.11 Å². The maximum absolute atomic E-state index is 12.1. The van der Waals surface area contributed by atoms with Crippen molar-refractivity contribution in [1.82, 2.24) is 5.32 Å². The lowest BCUT2D eigenvalue weighted by molar-refractivity contribution is 0.0925. The maximum atomic E-state index is 12.1. The van der Waals surface area contributed by atoms with Gasteiger partial charge in [0.05, 0.1) is 13.7 Å². The van der Waals surface area contributed by atoms with Crippen LogP contribution in [0.1, 0.15) is 15.4 Å². The van der Waals surface area contributed by atoms with Crippen LogP contribution in [-0.4, -0.2) is 13.0 Å². The average molecular weight is 366 g/mol. The van der Waals surface area contributed by atoms with Gasteiger partial charge in [0.25, 0.3) is 5.91 Å². The zero-order chi connectivity index (χ0) is 14.8. The Hall–Kier alpha value is -1.79. The summed E-state index contributed by atoms with van der Waals surface area (Å²) in [6.07, 6.45) is 0. The summed E-state index contributed by atoms with van der Waals surface area (Å²) in [5.74, 6) is 0.664. The molecule has 0 radical (unpaired) electrons. The van der Waals surface area contributed by atoms with E-state index in [1.54, 1.807) is 30.6 Å². The number of benzene rings is 1. The van der Waals surface area contributed by atoms with Crippen LogP contribution < -0.4 is 10.1 Å². The van der Waals surface area contributed by atoms with Crippen molar-refractivity contribution < 1.29 is 13.9 Å². The van der Waals surface area contributed by atoms with Crippen LogP contribution in [0.15, 0.2) is 44.6 Å². The van der Waals surface area contributed by atoms with Gasteiger partial charge in [-0.3, -0.25) is 4.79 Å². The molecule has 0 bridgehead atoms. The number of halogens is 1. The second-order valence-electron chi connectivity index (χ2n) is 4.40. The number of rotatable bonds is 4. The van der Waals surface area contributed by atoms with E-state index in [0.717, 1.165) is 14.7 Å². The van der Waals surface area contributed by atoms with Gasteiger partial charge in [-0.1, -0.05) is 12.1 Å². The molecule has 3 aromatic rings. The zero-order valence-electron chi connectivity index (χ0n) is 11.2. The van der Waals surface area contributed by atoms with Gasteiger partial charge in [-0.05, 0) is 34.1 Å². The van der Waals surface area contributed by atoms with Gasteiger partial charge in [-0.2, -0.15) is 0 Å². The number of amides is 1. The highest BCUT2D eigenvalue weighted by atomic mass is 79.9. The van der Waals surface area contributed by atoms with Gasteiger partial charge in [-0.25, -0.2) is 0 Å². The summed E-state index contributed by atoms with van der Waals surface area (Å²) in [4.78, 5) is 13.2. The molecule has 6 heteroatoms. The Morgan fingerprint density at radius 1 is 1.43 bits per heavy atom. The summed E-state index contributed by atoms with van der Waals surface area (Å²) in [5, 5.41) is 5.67. The molecule has 0 atom stereocenters. The number of ether oxygens (including phenoxy) is 1. The quantitative estimate of drug-likeness (QED) is 0.753. The third-order valence-corrected chi connectivity index (χ3v) is 4.69. The van der Waals surface area contributed by atoms with E-state index in [2.05, 4.69) is 21.2 Å². The molecule has 0 aliphatic carbocycles. The number of methoxy groups -OCH3 is 1. The van der Waals surface area contributed by atoms with E-state index in [1.807, 2.05) is 23.6 Å². The third-order valence-electron chi connectivity index (χ3n) is 3.00. The first-order valence-electron chi connectivity index (χ1n) is 6.25. The fraction of sp³-hybridized carbons (Fsp3) is 0.133. The average Bonchev–Trinajstić information content (AvgIpc) is 3.10. The van der Waals surface area contributed by atoms with Crippen LogP contribution in [0, 0.1) is 0 Å². The Morgan fingerprint density at radius 3 is 3.00 bits per heavy atom. The Labute approximate surface area is 133 Å². The number of para-hydroxylation sites is 1. The number of hydrogen-bond donors (Lipinski definition) is 1. The molecule has 1 amide bonds. The molecule has 2 heterocycles. The minimum Gasteiger partial charge on any atom is -0.493 e. The second-order valence-corrected chi connectivity index (χ2v) is 6.31. The molecule has 0 aliphatic rings. The highest BCUT2D eigenvalue weighted by molar-refractivity contribution is 9.10. The maximum Gasteiger partial charge on any atom is 0.287 e. The molecule has 1 aromatic carbocycles. The van der Waals surface area contributed by atoms with Gasteiger partial charge in [-0.15, -0.1) is 11.3 Å². The topological polar surface area (TPSA) is 51.5 Å². The number of fused-ring (bicyclic) bond motifs is 1. The Morgan fingerprint density at radius 2 is 2.29 bits per heavy atom. The lowest BCUT2D eigenvalue weighted by Crippen LogP contribution is -2.21. The number of nitrogens with one attached hydrogen (secondary N) is 1. The molecule has 108 valence electrons. The minimum absolute atomic E-state index is 0.238. The standard InChI is InChI=1S/C15H12BrNO3S/c1-19-12-4-2-3-9-5-13(20-14(9)12)15(18)17-7-11-6-10(16)8-21-11/h2-6,8H,7H2,1H3,(H,17,18). The fourth-order valence-electron chi connectivity index (χ4n) is 2.01. The molecule has 21 heavy (non-hydrogen) atoms. The van der Waals surface area contributed by atoms with Crippen molar-refractivity contribution in [3.05, 3.63) is 50.8 Å². The molecule has 0 saturated heterocycles. The normalized spacial score (nSPS) is 10.8. The van der Waals surface area contributed by atoms with E-state index >= 15 is 0 Å². The smallest absolute Gasteiger partial charge is 0.287 e. The Kier molecular flexibility index (Phi) is 3.98. The van der Waals surface area contributed by atoms with Crippen molar-refractivity contribution >= 4 is 44.1 Å². The highest BCUT2D eigenvalue weighted by Crippen LogP contribution is 2.28. The molecule has 1 N–H and O–H groups in total. The van der Waals surface area contributed by atoms with Crippen molar-refractivity contribution in [3.8, 4) is 5.75 Å². The third kappa shape index (κ3) is 2.96. The molecule has 0 aliphatic heterocycles. The summed E-state index contributed by atoms with van der Waals surface area (Å²) in [6, 6.07) is 9.25. The van der Waals surface area contributed by atoms with Crippen LogP contribution in [-0.2, 0) is 6.54 Å². The summed E-state index contributed by atoms with van der Waals surface area (Å²) in [6.45, 7) is 0.475. The van der Waals surface area contributed by atoms with E-state index in [0.29, 0.717) is 17.9 Å². The monoisotopic (exact) mass is 365 g/mol. The summed E-state index contributed by atoms with van der Waals surface area (Å²) in [5.41, 5.74) is 0.587. The van der Waals surface area contributed by atoms with E-state index in [4.69, 9.17) is 9.15 Å². The summed E-state index contributed by atoms with van der Waals surface area (Å²) >= 11 is 4.97. The van der Waals surface area contributed by atoms with E-state index in [-0.39, 0.29) is 11.7 Å². The van der Waals surface area contributed by atoms with E-state index < -0.39 is 0 Å². The zero-order valence-corrected chi connectivity index (χ0v) is 13.6. The van der Waals surface area contributed by atoms with Crippen molar-refractivity contribution in [2.45, 2.75) is 6.54 Å². The van der Waals surface area contributed by atoms with Crippen molar-refractivity contribution in [1.29, 1.82) is 0 Å². The molecule has 2 aromatic heterocycles.